The highest BCUT2D eigenvalue weighted by molar-refractivity contribution is 5.41. The zero-order chi connectivity index (χ0) is 15.2. The van der Waals surface area contributed by atoms with Gasteiger partial charge in [-0.1, -0.05) is 46.8 Å². The van der Waals surface area contributed by atoms with Crippen LogP contribution in [0.2, 0.25) is 0 Å². The molecule has 0 saturated carbocycles. The molecule has 1 atom stereocenters. The number of rotatable bonds is 7. The van der Waals surface area contributed by atoms with Gasteiger partial charge in [0.15, 0.2) is 0 Å². The summed E-state index contributed by atoms with van der Waals surface area (Å²) < 4.78 is 6.06. The number of benzene rings is 1. The lowest BCUT2D eigenvalue weighted by Gasteiger charge is -2.25. The molecule has 0 fully saturated rings. The van der Waals surface area contributed by atoms with Gasteiger partial charge in [-0.25, -0.2) is 0 Å². The lowest BCUT2D eigenvalue weighted by molar-refractivity contribution is 0.267. The van der Waals surface area contributed by atoms with Gasteiger partial charge in [0.25, 0.3) is 0 Å². The molecular weight excluding hydrogens is 246 g/mol. The fraction of sp³-hybridized carbons (Fsp3) is 0.667. The predicted molar refractivity (Wildman–Crippen MR) is 87.8 cm³/mol. The fourth-order valence-electron chi connectivity index (χ4n) is 2.17. The Hall–Kier alpha value is -1.02. The summed E-state index contributed by atoms with van der Waals surface area (Å²) in [5.74, 6) is 1.03. The van der Waals surface area contributed by atoms with E-state index in [0.717, 1.165) is 25.1 Å². The lowest BCUT2D eigenvalue weighted by atomic mass is 9.85. The Morgan fingerprint density at radius 3 is 2.45 bits per heavy atom. The maximum absolute atomic E-state index is 6.06. The van der Waals surface area contributed by atoms with Crippen molar-refractivity contribution in [1.82, 2.24) is 5.32 Å². The molecule has 0 saturated heterocycles. The molecule has 1 unspecified atom stereocenters. The van der Waals surface area contributed by atoms with Gasteiger partial charge in [0.1, 0.15) is 12.4 Å². The van der Waals surface area contributed by atoms with E-state index in [1.54, 1.807) is 0 Å². The van der Waals surface area contributed by atoms with E-state index in [4.69, 9.17) is 4.74 Å². The Morgan fingerprint density at radius 2 is 1.90 bits per heavy atom. The Kier molecular flexibility index (Phi) is 6.54. The zero-order valence-electron chi connectivity index (χ0n) is 14.0. The summed E-state index contributed by atoms with van der Waals surface area (Å²) in [5, 5.41) is 3.46. The van der Waals surface area contributed by atoms with Gasteiger partial charge in [0.05, 0.1) is 0 Å². The molecule has 0 amide bonds. The van der Waals surface area contributed by atoms with Gasteiger partial charge in [0, 0.05) is 6.04 Å². The van der Waals surface area contributed by atoms with E-state index in [1.165, 1.54) is 11.1 Å². The molecule has 0 heterocycles. The summed E-state index contributed by atoms with van der Waals surface area (Å²) in [6.07, 6.45) is 2.22. The third-order valence-electron chi connectivity index (χ3n) is 3.49. The molecule has 0 bridgehead atoms. The average Bonchev–Trinajstić information content (AvgIpc) is 2.41. The molecule has 0 radical (unpaired) electrons. The van der Waals surface area contributed by atoms with E-state index < -0.39 is 0 Å². The van der Waals surface area contributed by atoms with Crippen LogP contribution >= 0.6 is 0 Å². The van der Waals surface area contributed by atoms with Crippen molar-refractivity contribution in [2.24, 2.45) is 0 Å². The molecule has 1 N–H and O–H groups in total. The van der Waals surface area contributed by atoms with Crippen LogP contribution in [0.25, 0.3) is 0 Å². The second kappa shape index (κ2) is 7.68. The van der Waals surface area contributed by atoms with Crippen LogP contribution < -0.4 is 10.1 Å². The Balaban J connectivity index is 2.79. The van der Waals surface area contributed by atoms with Crippen molar-refractivity contribution in [3.05, 3.63) is 29.3 Å². The highest BCUT2D eigenvalue weighted by Crippen LogP contribution is 2.32. The highest BCUT2D eigenvalue weighted by Gasteiger charge is 2.19. The first-order chi connectivity index (χ1) is 9.38. The molecule has 1 rings (SSSR count). The third-order valence-corrected chi connectivity index (χ3v) is 3.49. The minimum atomic E-state index is 0.112. The van der Waals surface area contributed by atoms with Crippen LogP contribution in [0.1, 0.15) is 59.1 Å². The maximum atomic E-state index is 6.06. The molecule has 1 aromatic rings. The standard InChI is InChI=1S/C18H31NO/c1-7-11-19-14(3)13-20-17-10-9-15(8-2)12-16(17)18(4,5)6/h9-10,12,14,19H,7-8,11,13H2,1-6H3. The fourth-order valence-corrected chi connectivity index (χ4v) is 2.17. The summed E-state index contributed by atoms with van der Waals surface area (Å²) in [6.45, 7) is 15.0. The summed E-state index contributed by atoms with van der Waals surface area (Å²) >= 11 is 0. The maximum Gasteiger partial charge on any atom is 0.123 e. The van der Waals surface area contributed by atoms with Crippen molar-refractivity contribution in [3.63, 3.8) is 0 Å². The summed E-state index contributed by atoms with van der Waals surface area (Å²) in [7, 11) is 0. The number of nitrogens with one attached hydrogen (secondary N) is 1. The Bertz CT molecular complexity index is 406. The van der Waals surface area contributed by atoms with Crippen molar-refractivity contribution in [1.29, 1.82) is 0 Å². The second-order valence-electron chi connectivity index (χ2n) is 6.60. The van der Waals surface area contributed by atoms with E-state index in [-0.39, 0.29) is 5.41 Å². The monoisotopic (exact) mass is 277 g/mol. The van der Waals surface area contributed by atoms with Crippen LogP contribution in [0.4, 0.5) is 0 Å². The molecule has 0 aliphatic heterocycles. The molecule has 114 valence electrons. The van der Waals surface area contributed by atoms with Crippen molar-refractivity contribution in [3.8, 4) is 5.75 Å². The third kappa shape index (κ3) is 5.16. The Morgan fingerprint density at radius 1 is 1.20 bits per heavy atom. The molecule has 0 spiro atoms. The first-order valence-corrected chi connectivity index (χ1v) is 7.88. The lowest BCUT2D eigenvalue weighted by Crippen LogP contribution is -2.32. The van der Waals surface area contributed by atoms with Gasteiger partial charge in [0.2, 0.25) is 0 Å². The Labute approximate surface area is 124 Å². The summed E-state index contributed by atoms with van der Waals surface area (Å²) in [4.78, 5) is 0. The quantitative estimate of drug-likeness (QED) is 0.801. The molecular formula is C18H31NO. The molecule has 0 aliphatic carbocycles. The van der Waals surface area contributed by atoms with Gasteiger partial charge in [-0.05, 0) is 48.9 Å². The number of ether oxygens (including phenoxy) is 1. The van der Waals surface area contributed by atoms with Crippen LogP contribution in [0, 0.1) is 0 Å². The zero-order valence-corrected chi connectivity index (χ0v) is 14.0. The van der Waals surface area contributed by atoms with E-state index in [1.807, 2.05) is 0 Å². The normalized spacial score (nSPS) is 13.3. The smallest absolute Gasteiger partial charge is 0.123 e. The van der Waals surface area contributed by atoms with E-state index in [2.05, 4.69) is 65.1 Å². The first-order valence-electron chi connectivity index (χ1n) is 7.88. The van der Waals surface area contributed by atoms with Crippen molar-refractivity contribution in [2.45, 2.75) is 65.8 Å². The highest BCUT2D eigenvalue weighted by atomic mass is 16.5. The number of aryl methyl sites for hydroxylation is 1. The molecule has 0 aromatic heterocycles. The van der Waals surface area contributed by atoms with Crippen LogP contribution in [-0.2, 0) is 11.8 Å². The van der Waals surface area contributed by atoms with Crippen LogP contribution in [0.3, 0.4) is 0 Å². The number of hydrogen-bond acceptors (Lipinski definition) is 2. The summed E-state index contributed by atoms with van der Waals surface area (Å²) in [6, 6.07) is 6.98. The molecule has 20 heavy (non-hydrogen) atoms. The molecule has 0 aliphatic rings. The SMILES string of the molecule is CCCNC(C)COc1ccc(CC)cc1C(C)(C)C. The predicted octanol–water partition coefficient (Wildman–Crippen LogP) is 4.31. The van der Waals surface area contributed by atoms with E-state index in [0.29, 0.717) is 12.6 Å². The largest absolute Gasteiger partial charge is 0.492 e. The minimum Gasteiger partial charge on any atom is -0.492 e. The van der Waals surface area contributed by atoms with Crippen molar-refractivity contribution < 1.29 is 4.74 Å². The van der Waals surface area contributed by atoms with Gasteiger partial charge in [-0.2, -0.15) is 0 Å². The number of hydrogen-bond donors (Lipinski definition) is 1. The average molecular weight is 277 g/mol. The van der Waals surface area contributed by atoms with Gasteiger partial charge in [-0.15, -0.1) is 0 Å². The van der Waals surface area contributed by atoms with Crippen LogP contribution in [0.5, 0.6) is 5.75 Å². The van der Waals surface area contributed by atoms with Gasteiger partial charge < -0.3 is 10.1 Å². The van der Waals surface area contributed by atoms with Gasteiger partial charge in [-0.3, -0.25) is 0 Å². The first kappa shape index (κ1) is 17.0. The van der Waals surface area contributed by atoms with Crippen LogP contribution in [-0.4, -0.2) is 19.2 Å². The minimum absolute atomic E-state index is 0.112. The van der Waals surface area contributed by atoms with Crippen molar-refractivity contribution in [2.75, 3.05) is 13.2 Å². The molecule has 1 aromatic carbocycles. The van der Waals surface area contributed by atoms with Crippen molar-refractivity contribution >= 4 is 0 Å². The topological polar surface area (TPSA) is 21.3 Å². The van der Waals surface area contributed by atoms with Crippen LogP contribution in [0.15, 0.2) is 18.2 Å². The summed E-state index contributed by atoms with van der Waals surface area (Å²) in [5.41, 5.74) is 2.79. The van der Waals surface area contributed by atoms with E-state index in [9.17, 15) is 0 Å². The van der Waals surface area contributed by atoms with Gasteiger partial charge >= 0.3 is 0 Å². The molecule has 2 heteroatoms. The second-order valence-corrected chi connectivity index (χ2v) is 6.60. The molecule has 2 nitrogen and oxygen atoms in total. The van der Waals surface area contributed by atoms with E-state index >= 15 is 0 Å².